The molecule has 1 saturated heterocycles. The number of nitrogens with zero attached hydrogens (tertiary/aromatic N) is 2. The minimum absolute atomic E-state index is 0.00146. The number of anilines is 1. The summed E-state index contributed by atoms with van der Waals surface area (Å²) in [6.07, 6.45) is 4.38. The molecule has 2 amide bonds. The van der Waals surface area contributed by atoms with Crippen molar-refractivity contribution in [2.75, 3.05) is 31.5 Å². The van der Waals surface area contributed by atoms with Gasteiger partial charge in [-0.15, -0.1) is 11.3 Å². The lowest BCUT2D eigenvalue weighted by Crippen LogP contribution is -2.35. The summed E-state index contributed by atoms with van der Waals surface area (Å²) >= 11 is 8.26. The highest BCUT2D eigenvalue weighted by Crippen LogP contribution is 2.38. The number of urea groups is 1. The minimum atomic E-state index is -0.205. The molecule has 0 saturated carbocycles. The number of rotatable bonds is 6. The second kappa shape index (κ2) is 10.2. The number of benzene rings is 1. The van der Waals surface area contributed by atoms with E-state index in [1.807, 2.05) is 24.4 Å². The normalized spacial score (nSPS) is 14.4. The van der Waals surface area contributed by atoms with Crippen LogP contribution in [0.15, 0.2) is 48.0 Å². The summed E-state index contributed by atoms with van der Waals surface area (Å²) in [6, 6.07) is 11.8. The van der Waals surface area contributed by atoms with Crippen molar-refractivity contribution in [2.24, 2.45) is 0 Å². The van der Waals surface area contributed by atoms with E-state index in [2.05, 4.69) is 58.8 Å². The molecule has 1 aromatic carbocycles. The fourth-order valence-corrected chi connectivity index (χ4v) is 5.25. The van der Waals surface area contributed by atoms with Crippen molar-refractivity contribution in [3.8, 4) is 21.6 Å². The van der Waals surface area contributed by atoms with Gasteiger partial charge in [0.05, 0.1) is 5.02 Å². The number of nitrogens with one attached hydrogen (secondary N) is 2. The van der Waals surface area contributed by atoms with E-state index in [-0.39, 0.29) is 11.4 Å². The molecule has 0 spiro atoms. The average Bonchev–Trinajstić information content (AvgIpc) is 3.46. The van der Waals surface area contributed by atoms with Crippen LogP contribution in [0.4, 0.5) is 10.5 Å². The molecule has 1 fully saturated rings. The number of halogens is 1. The zero-order chi connectivity index (χ0) is 23.4. The van der Waals surface area contributed by atoms with Gasteiger partial charge >= 0.3 is 6.03 Å². The molecule has 4 rings (SSSR count). The third-order valence-electron chi connectivity index (χ3n) is 5.87. The SMILES string of the molecule is CC(C)(C)c1cc(-c2csc(-c3ccc(NC(=O)NCCN4CCCC4)cc3Cl)c2)ccn1. The third-order valence-corrected chi connectivity index (χ3v) is 7.14. The van der Waals surface area contributed by atoms with Crippen LogP contribution in [0.5, 0.6) is 0 Å². The smallest absolute Gasteiger partial charge is 0.319 e. The standard InChI is InChI=1S/C26H31ClN4OS/c1-26(2,3)24-15-18(8-9-28-24)19-14-23(33-17-19)21-7-6-20(16-22(21)27)30-25(32)29-10-13-31-11-4-5-12-31/h6-9,14-17H,4-5,10-13H2,1-3H3,(H2,29,30,32). The van der Waals surface area contributed by atoms with Gasteiger partial charge < -0.3 is 15.5 Å². The summed E-state index contributed by atoms with van der Waals surface area (Å²) in [4.78, 5) is 20.2. The molecule has 1 aliphatic rings. The molecular weight excluding hydrogens is 452 g/mol. The van der Waals surface area contributed by atoms with Gasteiger partial charge in [0.2, 0.25) is 0 Å². The molecule has 0 unspecified atom stereocenters. The van der Waals surface area contributed by atoms with Crippen molar-refractivity contribution < 1.29 is 4.79 Å². The number of likely N-dealkylation sites (tertiary alicyclic amines) is 1. The molecule has 2 aromatic heterocycles. The molecule has 1 aliphatic heterocycles. The Morgan fingerprint density at radius 3 is 2.64 bits per heavy atom. The summed E-state index contributed by atoms with van der Waals surface area (Å²) in [5.41, 5.74) is 5.01. The fraction of sp³-hybridized carbons (Fsp3) is 0.385. The molecule has 0 aliphatic carbocycles. The number of hydrogen-bond acceptors (Lipinski definition) is 4. The van der Waals surface area contributed by atoms with Crippen LogP contribution in [-0.2, 0) is 5.41 Å². The van der Waals surface area contributed by atoms with Crippen molar-refractivity contribution in [1.29, 1.82) is 0 Å². The van der Waals surface area contributed by atoms with Gasteiger partial charge in [-0.25, -0.2) is 4.79 Å². The highest BCUT2D eigenvalue weighted by Gasteiger charge is 2.17. The molecule has 0 radical (unpaired) electrons. The average molecular weight is 483 g/mol. The van der Waals surface area contributed by atoms with Crippen LogP contribution < -0.4 is 10.6 Å². The van der Waals surface area contributed by atoms with Crippen LogP contribution in [0.3, 0.4) is 0 Å². The first-order chi connectivity index (χ1) is 15.8. The topological polar surface area (TPSA) is 57.3 Å². The lowest BCUT2D eigenvalue weighted by molar-refractivity contribution is 0.249. The van der Waals surface area contributed by atoms with Crippen LogP contribution in [0, 0.1) is 0 Å². The van der Waals surface area contributed by atoms with Gasteiger partial charge in [-0.3, -0.25) is 4.98 Å². The first kappa shape index (κ1) is 23.7. The van der Waals surface area contributed by atoms with E-state index in [9.17, 15) is 4.79 Å². The Balaban J connectivity index is 1.40. The summed E-state index contributed by atoms with van der Waals surface area (Å²) in [6.45, 7) is 10.3. The van der Waals surface area contributed by atoms with E-state index in [4.69, 9.17) is 11.6 Å². The summed E-state index contributed by atoms with van der Waals surface area (Å²) in [5, 5.41) is 8.56. The summed E-state index contributed by atoms with van der Waals surface area (Å²) < 4.78 is 0. The quantitative estimate of drug-likeness (QED) is 0.413. The van der Waals surface area contributed by atoms with E-state index in [0.29, 0.717) is 17.3 Å². The van der Waals surface area contributed by atoms with Gasteiger partial charge in [0.15, 0.2) is 0 Å². The number of aromatic nitrogens is 1. The van der Waals surface area contributed by atoms with Crippen LogP contribution in [0.25, 0.3) is 21.6 Å². The summed E-state index contributed by atoms with van der Waals surface area (Å²) in [7, 11) is 0. The van der Waals surface area contributed by atoms with E-state index in [1.165, 1.54) is 12.8 Å². The number of hydrogen-bond donors (Lipinski definition) is 2. The fourth-order valence-electron chi connectivity index (χ4n) is 3.95. The van der Waals surface area contributed by atoms with Gasteiger partial charge in [0.1, 0.15) is 0 Å². The third kappa shape index (κ3) is 6.14. The minimum Gasteiger partial charge on any atom is -0.337 e. The lowest BCUT2D eigenvalue weighted by atomic mass is 9.90. The monoisotopic (exact) mass is 482 g/mol. The first-order valence-electron chi connectivity index (χ1n) is 11.4. The first-order valence-corrected chi connectivity index (χ1v) is 12.7. The van der Waals surface area contributed by atoms with Gasteiger partial charge in [-0.1, -0.05) is 32.4 Å². The second-order valence-corrected chi connectivity index (χ2v) is 10.8. The molecule has 174 valence electrons. The Bertz CT molecular complexity index is 1120. The van der Waals surface area contributed by atoms with Crippen molar-refractivity contribution in [3.63, 3.8) is 0 Å². The Hall–Kier alpha value is -2.41. The molecular formula is C26H31ClN4OS. The highest BCUT2D eigenvalue weighted by atomic mass is 35.5. The molecule has 0 atom stereocenters. The van der Waals surface area contributed by atoms with Gasteiger partial charge in [0, 0.05) is 46.5 Å². The van der Waals surface area contributed by atoms with Crippen molar-refractivity contribution >= 4 is 34.7 Å². The number of thiophene rings is 1. The molecule has 5 nitrogen and oxygen atoms in total. The number of carbonyl (C=O) groups excluding carboxylic acids is 1. The maximum absolute atomic E-state index is 12.2. The van der Waals surface area contributed by atoms with Crippen molar-refractivity contribution in [3.05, 3.63) is 58.7 Å². The Kier molecular flexibility index (Phi) is 7.37. The van der Waals surface area contributed by atoms with Gasteiger partial charge in [0.25, 0.3) is 0 Å². The van der Waals surface area contributed by atoms with E-state index >= 15 is 0 Å². The van der Waals surface area contributed by atoms with Gasteiger partial charge in [-0.2, -0.15) is 0 Å². The van der Waals surface area contributed by atoms with E-state index < -0.39 is 0 Å². The van der Waals surface area contributed by atoms with Crippen LogP contribution >= 0.6 is 22.9 Å². The zero-order valence-electron chi connectivity index (χ0n) is 19.5. The molecule has 3 aromatic rings. The van der Waals surface area contributed by atoms with Crippen LogP contribution in [0.2, 0.25) is 5.02 Å². The number of carbonyl (C=O) groups is 1. The molecule has 0 bridgehead atoms. The Morgan fingerprint density at radius 1 is 1.12 bits per heavy atom. The second-order valence-electron chi connectivity index (χ2n) is 9.50. The molecule has 33 heavy (non-hydrogen) atoms. The predicted octanol–water partition coefficient (Wildman–Crippen LogP) is 6.65. The maximum atomic E-state index is 12.2. The highest BCUT2D eigenvalue weighted by molar-refractivity contribution is 7.14. The zero-order valence-corrected chi connectivity index (χ0v) is 21.0. The van der Waals surface area contributed by atoms with Crippen molar-refractivity contribution in [1.82, 2.24) is 15.2 Å². The molecule has 3 heterocycles. The van der Waals surface area contributed by atoms with Crippen molar-refractivity contribution in [2.45, 2.75) is 39.0 Å². The van der Waals surface area contributed by atoms with Gasteiger partial charge in [-0.05, 0) is 78.8 Å². The Morgan fingerprint density at radius 2 is 1.91 bits per heavy atom. The predicted molar refractivity (Wildman–Crippen MR) is 139 cm³/mol. The molecule has 2 N–H and O–H groups in total. The van der Waals surface area contributed by atoms with E-state index in [1.54, 1.807) is 17.4 Å². The van der Waals surface area contributed by atoms with E-state index in [0.717, 1.165) is 46.9 Å². The van der Waals surface area contributed by atoms with Crippen LogP contribution in [0.1, 0.15) is 39.3 Å². The summed E-state index contributed by atoms with van der Waals surface area (Å²) in [5.74, 6) is 0. The van der Waals surface area contributed by atoms with Crippen LogP contribution in [-0.4, -0.2) is 42.1 Å². The lowest BCUT2D eigenvalue weighted by Gasteiger charge is -2.18. The number of amides is 2. The Labute approximate surface area is 205 Å². The molecule has 7 heteroatoms. The largest absolute Gasteiger partial charge is 0.337 e. The number of pyridine rings is 1. The maximum Gasteiger partial charge on any atom is 0.319 e.